The van der Waals surface area contributed by atoms with Gasteiger partial charge in [0, 0.05) is 39.8 Å². The number of rotatable bonds is 2. The predicted molar refractivity (Wildman–Crippen MR) is 149 cm³/mol. The number of hydrogen-bond donors (Lipinski definition) is 1. The number of allylic oxidation sites excluding steroid dienone is 1. The van der Waals surface area contributed by atoms with E-state index in [1.807, 2.05) is 0 Å². The minimum absolute atomic E-state index is 0.456. The topological polar surface area (TPSA) is 44.1 Å². The maximum Gasteiger partial charge on any atom is 0.150 e. The van der Waals surface area contributed by atoms with Gasteiger partial charge in [-0.1, -0.05) is 73.7 Å². The first-order valence-electron chi connectivity index (χ1n) is 12.3. The summed E-state index contributed by atoms with van der Waals surface area (Å²) in [6, 6.07) is 32.7. The van der Waals surface area contributed by atoms with Gasteiger partial charge in [-0.05, 0) is 47.7 Å². The van der Waals surface area contributed by atoms with Gasteiger partial charge in [0.25, 0.3) is 0 Å². The molecule has 1 unspecified atom stereocenters. The summed E-state index contributed by atoms with van der Waals surface area (Å²) in [5.74, 6) is 4.57. The second kappa shape index (κ2) is 7.93. The maximum atomic E-state index is 6.34. The highest BCUT2D eigenvalue weighted by Crippen LogP contribution is 2.40. The fraction of sp³-hybridized carbons (Fsp3) is 0.0909. The van der Waals surface area contributed by atoms with E-state index >= 15 is 0 Å². The maximum absolute atomic E-state index is 6.34. The van der Waals surface area contributed by atoms with E-state index in [0.29, 0.717) is 5.92 Å². The molecule has 0 radical (unpaired) electrons. The van der Waals surface area contributed by atoms with Crippen molar-refractivity contribution in [3.8, 4) is 28.8 Å². The Morgan fingerprint density at radius 1 is 0.861 bits per heavy atom. The molecule has 3 heteroatoms. The van der Waals surface area contributed by atoms with E-state index in [4.69, 9.17) is 10.2 Å². The largest absolute Gasteiger partial charge is 0.459 e. The van der Waals surface area contributed by atoms with Gasteiger partial charge in [-0.2, -0.15) is 0 Å². The smallest absolute Gasteiger partial charge is 0.150 e. The lowest BCUT2D eigenvalue weighted by atomic mass is 9.93. The van der Waals surface area contributed by atoms with Crippen LogP contribution in [0.1, 0.15) is 23.8 Å². The Labute approximate surface area is 209 Å². The third-order valence-electron chi connectivity index (χ3n) is 7.25. The zero-order valence-electron chi connectivity index (χ0n) is 20.0. The molecule has 0 spiro atoms. The van der Waals surface area contributed by atoms with Crippen molar-refractivity contribution in [2.24, 2.45) is 11.7 Å². The van der Waals surface area contributed by atoms with Crippen LogP contribution in [0.5, 0.6) is 0 Å². The van der Waals surface area contributed by atoms with Crippen molar-refractivity contribution >= 4 is 38.9 Å². The van der Waals surface area contributed by atoms with E-state index in [1.54, 1.807) is 0 Å². The van der Waals surface area contributed by atoms with Gasteiger partial charge in [0.15, 0.2) is 5.58 Å². The number of fused-ring (bicyclic) bond motifs is 6. The summed E-state index contributed by atoms with van der Waals surface area (Å²) in [4.78, 5) is 0. The molecule has 0 amide bonds. The van der Waals surface area contributed by atoms with Crippen molar-refractivity contribution in [3.05, 3.63) is 108 Å². The van der Waals surface area contributed by atoms with Gasteiger partial charge in [0.05, 0.1) is 22.3 Å². The van der Waals surface area contributed by atoms with Crippen LogP contribution in [0.3, 0.4) is 0 Å². The Hall–Kier alpha value is -4.68. The van der Waals surface area contributed by atoms with Crippen LogP contribution in [0, 0.1) is 17.9 Å². The molecule has 1 aliphatic carbocycles. The van der Waals surface area contributed by atoms with Crippen molar-refractivity contribution in [2.75, 3.05) is 0 Å². The number of furan rings is 1. The van der Waals surface area contributed by atoms with Crippen LogP contribution in [0.25, 0.3) is 55.7 Å². The first kappa shape index (κ1) is 20.7. The molecule has 172 valence electrons. The van der Waals surface area contributed by atoms with E-state index in [9.17, 15) is 0 Å². The zero-order chi connectivity index (χ0) is 24.2. The fourth-order valence-electron chi connectivity index (χ4n) is 5.64. The molecule has 6 aromatic rings. The van der Waals surface area contributed by atoms with Crippen LogP contribution in [0.4, 0.5) is 0 Å². The van der Waals surface area contributed by atoms with Crippen LogP contribution in [-0.2, 0) is 6.42 Å². The van der Waals surface area contributed by atoms with E-state index in [-0.39, 0.29) is 0 Å². The van der Waals surface area contributed by atoms with Crippen LogP contribution in [0.15, 0.2) is 95.4 Å². The number of para-hydroxylation sites is 3. The van der Waals surface area contributed by atoms with Crippen molar-refractivity contribution in [3.63, 3.8) is 0 Å². The third-order valence-corrected chi connectivity index (χ3v) is 7.25. The lowest BCUT2D eigenvalue weighted by Crippen LogP contribution is -2.00. The van der Waals surface area contributed by atoms with Gasteiger partial charge in [0.1, 0.15) is 5.76 Å². The van der Waals surface area contributed by atoms with E-state index < -0.39 is 0 Å². The summed E-state index contributed by atoms with van der Waals surface area (Å²) in [6.07, 6.45) is 5.34. The molecule has 1 aliphatic rings. The average Bonchev–Trinajstić information content (AvgIpc) is 3.44. The standard InChI is InChI=1S/C33H24N2O/c1-21-14-15-27-28-20-23(19-22(16-17-34)33(28)36-32(27)18-21)24-8-2-5-11-29(24)35-30-12-6-3-9-25(30)26-10-4-7-13-31(26)35/h2-15,19-21H,18,34H2,1H3. The molecule has 2 aromatic heterocycles. The minimum Gasteiger partial charge on any atom is -0.459 e. The SMILES string of the molecule is CC1C=Cc2c(oc3c(C#CN)cc(-c4ccccc4-n4c5ccccc5c5ccccc54)cc23)C1. The molecular weight excluding hydrogens is 440 g/mol. The minimum atomic E-state index is 0.456. The number of nitrogens with two attached hydrogens (primary N) is 1. The van der Waals surface area contributed by atoms with Crippen LogP contribution in [-0.4, -0.2) is 4.57 Å². The van der Waals surface area contributed by atoms with Gasteiger partial charge in [-0.25, -0.2) is 0 Å². The first-order chi connectivity index (χ1) is 17.7. The Balaban J connectivity index is 1.54. The molecule has 0 aliphatic heterocycles. The zero-order valence-corrected chi connectivity index (χ0v) is 20.0. The molecule has 4 aromatic carbocycles. The summed E-state index contributed by atoms with van der Waals surface area (Å²) in [5.41, 5.74) is 14.2. The summed E-state index contributed by atoms with van der Waals surface area (Å²) < 4.78 is 8.70. The Kier molecular flexibility index (Phi) is 4.56. The Bertz CT molecular complexity index is 1850. The quantitative estimate of drug-likeness (QED) is 0.211. The normalized spacial score (nSPS) is 14.8. The highest BCUT2D eigenvalue weighted by atomic mass is 16.3. The Morgan fingerprint density at radius 3 is 2.31 bits per heavy atom. The number of hydrogen-bond acceptors (Lipinski definition) is 2. The first-order valence-corrected chi connectivity index (χ1v) is 12.3. The Morgan fingerprint density at radius 2 is 1.56 bits per heavy atom. The van der Waals surface area contributed by atoms with E-state index in [2.05, 4.69) is 121 Å². The summed E-state index contributed by atoms with van der Waals surface area (Å²) in [6.45, 7) is 2.21. The highest BCUT2D eigenvalue weighted by molar-refractivity contribution is 6.10. The van der Waals surface area contributed by atoms with Gasteiger partial charge in [0.2, 0.25) is 0 Å². The van der Waals surface area contributed by atoms with Crippen molar-refractivity contribution in [1.82, 2.24) is 4.57 Å². The molecule has 2 N–H and O–H groups in total. The molecule has 0 saturated heterocycles. The van der Waals surface area contributed by atoms with Gasteiger partial charge < -0.3 is 14.7 Å². The van der Waals surface area contributed by atoms with Gasteiger partial charge in [-0.15, -0.1) is 0 Å². The van der Waals surface area contributed by atoms with E-state index in [0.717, 1.165) is 51.1 Å². The average molecular weight is 465 g/mol. The molecule has 2 heterocycles. The monoisotopic (exact) mass is 464 g/mol. The van der Waals surface area contributed by atoms with Gasteiger partial charge in [-0.3, -0.25) is 0 Å². The summed E-state index contributed by atoms with van der Waals surface area (Å²) in [5, 5.41) is 3.58. The summed E-state index contributed by atoms with van der Waals surface area (Å²) in [7, 11) is 0. The number of benzene rings is 4. The van der Waals surface area contributed by atoms with Crippen molar-refractivity contribution in [2.45, 2.75) is 13.3 Å². The van der Waals surface area contributed by atoms with E-state index in [1.165, 1.54) is 21.8 Å². The molecule has 1 atom stereocenters. The highest BCUT2D eigenvalue weighted by Gasteiger charge is 2.22. The predicted octanol–water partition coefficient (Wildman–Crippen LogP) is 7.67. The third kappa shape index (κ3) is 3.01. The molecule has 3 nitrogen and oxygen atoms in total. The summed E-state index contributed by atoms with van der Waals surface area (Å²) >= 11 is 0. The van der Waals surface area contributed by atoms with Crippen LogP contribution in [0.2, 0.25) is 0 Å². The molecule has 36 heavy (non-hydrogen) atoms. The fourth-order valence-corrected chi connectivity index (χ4v) is 5.64. The second-order valence-electron chi connectivity index (χ2n) is 9.54. The molecule has 0 bridgehead atoms. The lowest BCUT2D eigenvalue weighted by Gasteiger charge is -2.14. The number of aromatic nitrogens is 1. The van der Waals surface area contributed by atoms with Crippen LogP contribution < -0.4 is 5.73 Å². The van der Waals surface area contributed by atoms with Crippen molar-refractivity contribution in [1.29, 1.82) is 0 Å². The molecule has 7 rings (SSSR count). The number of nitrogens with zero attached hydrogens (tertiary/aromatic N) is 1. The van der Waals surface area contributed by atoms with Crippen LogP contribution >= 0.6 is 0 Å². The second-order valence-corrected chi connectivity index (χ2v) is 9.54. The lowest BCUT2D eigenvalue weighted by molar-refractivity contribution is 0.513. The molecular formula is C33H24N2O. The van der Waals surface area contributed by atoms with Gasteiger partial charge >= 0.3 is 0 Å². The van der Waals surface area contributed by atoms with Crippen molar-refractivity contribution < 1.29 is 4.42 Å². The molecule has 0 saturated carbocycles. The molecule has 0 fully saturated rings.